The van der Waals surface area contributed by atoms with Crippen molar-refractivity contribution in [1.82, 2.24) is 0 Å². The number of halogens is 4. The SMILES string of the molecule is COC(=O)CC=Cc1cc(OC(F)(F)F)ccc1F. The zero-order valence-corrected chi connectivity index (χ0v) is 9.83. The minimum atomic E-state index is -4.84. The van der Waals surface area contributed by atoms with Crippen LogP contribution in [0.4, 0.5) is 17.6 Å². The zero-order chi connectivity index (χ0) is 14.5. The molecule has 0 aliphatic rings. The molecule has 0 atom stereocenters. The van der Waals surface area contributed by atoms with Gasteiger partial charge in [0.2, 0.25) is 0 Å². The summed E-state index contributed by atoms with van der Waals surface area (Å²) in [5, 5.41) is 0. The summed E-state index contributed by atoms with van der Waals surface area (Å²) in [6.07, 6.45) is -2.50. The maximum absolute atomic E-state index is 13.3. The molecule has 0 spiro atoms. The highest BCUT2D eigenvalue weighted by Gasteiger charge is 2.31. The minimum Gasteiger partial charge on any atom is -0.469 e. The van der Waals surface area contributed by atoms with Gasteiger partial charge in [-0.05, 0) is 18.2 Å². The van der Waals surface area contributed by atoms with E-state index in [4.69, 9.17) is 0 Å². The molecule has 3 nitrogen and oxygen atoms in total. The third kappa shape index (κ3) is 5.41. The Hall–Kier alpha value is -2.05. The van der Waals surface area contributed by atoms with Gasteiger partial charge in [-0.3, -0.25) is 4.79 Å². The first kappa shape index (κ1) is 15.0. The molecule has 0 heterocycles. The Morgan fingerprint density at radius 2 is 2.05 bits per heavy atom. The Balaban J connectivity index is 2.83. The van der Waals surface area contributed by atoms with Crippen LogP contribution in [0.25, 0.3) is 6.08 Å². The first-order valence-electron chi connectivity index (χ1n) is 5.10. The van der Waals surface area contributed by atoms with Crippen molar-refractivity contribution in [2.24, 2.45) is 0 Å². The quantitative estimate of drug-likeness (QED) is 0.626. The number of alkyl halides is 3. The van der Waals surface area contributed by atoms with Gasteiger partial charge in [-0.1, -0.05) is 12.2 Å². The summed E-state index contributed by atoms with van der Waals surface area (Å²) in [5.74, 6) is -1.80. The van der Waals surface area contributed by atoms with Crippen LogP contribution in [0.3, 0.4) is 0 Å². The molecule has 0 amide bonds. The highest BCUT2D eigenvalue weighted by Crippen LogP contribution is 2.25. The van der Waals surface area contributed by atoms with Gasteiger partial charge in [0.25, 0.3) is 0 Å². The first-order chi connectivity index (χ1) is 8.81. The lowest BCUT2D eigenvalue weighted by Gasteiger charge is -2.09. The standard InChI is InChI=1S/C12H10F4O3/c1-18-11(17)4-2-3-8-7-9(5-6-10(8)13)19-12(14,15)16/h2-3,5-7H,4H2,1H3. The summed E-state index contributed by atoms with van der Waals surface area (Å²) >= 11 is 0. The lowest BCUT2D eigenvalue weighted by Crippen LogP contribution is -2.17. The van der Waals surface area contributed by atoms with E-state index >= 15 is 0 Å². The van der Waals surface area contributed by atoms with Crippen LogP contribution in [0.15, 0.2) is 24.3 Å². The first-order valence-corrected chi connectivity index (χ1v) is 5.10. The summed E-state index contributed by atoms with van der Waals surface area (Å²) in [7, 11) is 1.19. The average Bonchev–Trinajstić information content (AvgIpc) is 2.31. The van der Waals surface area contributed by atoms with Crippen molar-refractivity contribution in [3.63, 3.8) is 0 Å². The van der Waals surface area contributed by atoms with E-state index in [1.165, 1.54) is 19.3 Å². The largest absolute Gasteiger partial charge is 0.573 e. The van der Waals surface area contributed by atoms with Gasteiger partial charge in [-0.15, -0.1) is 13.2 Å². The van der Waals surface area contributed by atoms with Crippen LogP contribution in [0, 0.1) is 5.82 Å². The Morgan fingerprint density at radius 3 is 2.63 bits per heavy atom. The predicted molar refractivity (Wildman–Crippen MR) is 58.8 cm³/mol. The van der Waals surface area contributed by atoms with Crippen LogP contribution in [0.5, 0.6) is 5.75 Å². The monoisotopic (exact) mass is 278 g/mol. The summed E-state index contributed by atoms with van der Waals surface area (Å²) in [5.41, 5.74) is -0.120. The minimum absolute atomic E-state index is 0.111. The Kier molecular flexibility index (Phi) is 4.91. The maximum Gasteiger partial charge on any atom is 0.573 e. The second-order valence-electron chi connectivity index (χ2n) is 3.41. The van der Waals surface area contributed by atoms with Gasteiger partial charge in [-0.25, -0.2) is 4.39 Å². The number of hydrogen-bond acceptors (Lipinski definition) is 3. The smallest absolute Gasteiger partial charge is 0.469 e. The fourth-order valence-corrected chi connectivity index (χ4v) is 1.21. The molecular weight excluding hydrogens is 268 g/mol. The molecule has 0 bridgehead atoms. The van der Waals surface area contributed by atoms with Crippen LogP contribution in [-0.4, -0.2) is 19.4 Å². The molecule has 0 radical (unpaired) electrons. The Labute approximate surface area is 106 Å². The van der Waals surface area contributed by atoms with E-state index in [0.29, 0.717) is 0 Å². The van der Waals surface area contributed by atoms with Crippen LogP contribution in [0.2, 0.25) is 0 Å². The molecule has 1 aromatic carbocycles. The van der Waals surface area contributed by atoms with E-state index in [2.05, 4.69) is 9.47 Å². The number of benzene rings is 1. The van der Waals surface area contributed by atoms with Crippen LogP contribution in [-0.2, 0) is 9.53 Å². The van der Waals surface area contributed by atoms with E-state index in [-0.39, 0.29) is 12.0 Å². The van der Waals surface area contributed by atoms with Gasteiger partial charge in [0.1, 0.15) is 11.6 Å². The third-order valence-corrected chi connectivity index (χ3v) is 2.01. The summed E-state index contributed by atoms with van der Waals surface area (Å²) < 4.78 is 57.3. The van der Waals surface area contributed by atoms with Crippen LogP contribution >= 0.6 is 0 Å². The van der Waals surface area contributed by atoms with Crippen molar-refractivity contribution >= 4 is 12.0 Å². The van der Waals surface area contributed by atoms with Crippen molar-refractivity contribution in [2.75, 3.05) is 7.11 Å². The molecule has 1 aromatic rings. The fourth-order valence-electron chi connectivity index (χ4n) is 1.21. The van der Waals surface area contributed by atoms with Gasteiger partial charge in [0.05, 0.1) is 13.5 Å². The van der Waals surface area contributed by atoms with Crippen molar-refractivity contribution < 1.29 is 31.8 Å². The predicted octanol–water partition coefficient (Wildman–Crippen LogP) is 3.30. The second-order valence-corrected chi connectivity index (χ2v) is 3.41. The highest BCUT2D eigenvalue weighted by molar-refractivity contribution is 5.72. The number of carbonyl (C=O) groups is 1. The van der Waals surface area contributed by atoms with Gasteiger partial charge < -0.3 is 9.47 Å². The van der Waals surface area contributed by atoms with E-state index in [1.807, 2.05) is 0 Å². The van der Waals surface area contributed by atoms with Crippen LogP contribution in [0.1, 0.15) is 12.0 Å². The molecule has 0 unspecified atom stereocenters. The summed E-state index contributed by atoms with van der Waals surface area (Å²) in [4.78, 5) is 10.8. The molecule has 19 heavy (non-hydrogen) atoms. The van der Waals surface area contributed by atoms with Gasteiger partial charge in [0, 0.05) is 5.56 Å². The van der Waals surface area contributed by atoms with Gasteiger partial charge in [-0.2, -0.15) is 0 Å². The number of esters is 1. The van der Waals surface area contributed by atoms with E-state index in [9.17, 15) is 22.4 Å². The Bertz CT molecular complexity index is 480. The lowest BCUT2D eigenvalue weighted by molar-refractivity contribution is -0.274. The van der Waals surface area contributed by atoms with E-state index in [1.54, 1.807) is 0 Å². The molecule has 0 aromatic heterocycles. The Morgan fingerprint density at radius 1 is 1.37 bits per heavy atom. The third-order valence-electron chi connectivity index (χ3n) is 2.01. The lowest BCUT2D eigenvalue weighted by atomic mass is 10.1. The molecule has 0 fully saturated rings. The molecule has 104 valence electrons. The van der Waals surface area contributed by atoms with Crippen LogP contribution < -0.4 is 4.74 Å². The molecule has 7 heteroatoms. The maximum atomic E-state index is 13.3. The molecular formula is C12H10F4O3. The number of hydrogen-bond donors (Lipinski definition) is 0. The molecule has 1 rings (SSSR count). The van der Waals surface area contributed by atoms with E-state index in [0.717, 1.165) is 18.2 Å². The normalized spacial score (nSPS) is 11.6. The molecule has 0 aliphatic heterocycles. The number of rotatable bonds is 4. The molecule has 0 N–H and O–H groups in total. The molecule has 0 saturated heterocycles. The average molecular weight is 278 g/mol. The highest BCUT2D eigenvalue weighted by atomic mass is 19.4. The number of methoxy groups -OCH3 is 1. The fraction of sp³-hybridized carbons (Fsp3) is 0.250. The van der Waals surface area contributed by atoms with Crippen molar-refractivity contribution in [1.29, 1.82) is 0 Å². The van der Waals surface area contributed by atoms with Crippen molar-refractivity contribution in [3.05, 3.63) is 35.7 Å². The summed E-state index contributed by atoms with van der Waals surface area (Å²) in [6, 6.07) is 2.59. The van der Waals surface area contributed by atoms with Crippen molar-refractivity contribution in [3.8, 4) is 5.75 Å². The van der Waals surface area contributed by atoms with Gasteiger partial charge >= 0.3 is 12.3 Å². The topological polar surface area (TPSA) is 35.5 Å². The van der Waals surface area contributed by atoms with E-state index < -0.39 is 23.9 Å². The number of carbonyl (C=O) groups excluding carboxylic acids is 1. The molecule has 0 aliphatic carbocycles. The zero-order valence-electron chi connectivity index (χ0n) is 9.83. The second kappa shape index (κ2) is 6.21. The van der Waals surface area contributed by atoms with Crippen molar-refractivity contribution in [2.45, 2.75) is 12.8 Å². The summed E-state index contributed by atoms with van der Waals surface area (Å²) in [6.45, 7) is 0. The number of ether oxygens (including phenoxy) is 2. The molecule has 0 saturated carbocycles. The van der Waals surface area contributed by atoms with Gasteiger partial charge in [0.15, 0.2) is 0 Å².